The zero-order chi connectivity index (χ0) is 18.6. The van der Waals surface area contributed by atoms with Crippen LogP contribution in [0.25, 0.3) is 0 Å². The molecular formula is C20H30N4O2S. The van der Waals surface area contributed by atoms with E-state index in [1.54, 1.807) is 11.8 Å². The largest absolute Gasteiger partial charge is 0.354 e. The lowest BCUT2D eigenvalue weighted by molar-refractivity contribution is -0.142. The van der Waals surface area contributed by atoms with Gasteiger partial charge >= 0.3 is 0 Å². The van der Waals surface area contributed by atoms with Crippen LogP contribution in [0.15, 0.2) is 16.1 Å². The van der Waals surface area contributed by atoms with Crippen molar-refractivity contribution >= 4 is 28.7 Å². The maximum Gasteiger partial charge on any atom is 0.242 e. The Hall–Kier alpha value is -1.50. The number of carbonyl (C=O) groups is 2. The number of nitrogens with zero attached hydrogens (tertiary/aromatic N) is 3. The maximum atomic E-state index is 12.9. The molecule has 1 atom stereocenters. The first-order valence-electron chi connectivity index (χ1n) is 10.5. The van der Waals surface area contributed by atoms with Crippen molar-refractivity contribution in [2.45, 2.75) is 63.8 Å². The average molecular weight is 391 g/mol. The summed E-state index contributed by atoms with van der Waals surface area (Å²) < 4.78 is 0. The molecule has 1 saturated heterocycles. The van der Waals surface area contributed by atoms with Crippen LogP contribution >= 0.6 is 11.8 Å². The molecule has 0 radical (unpaired) electrons. The number of amidine groups is 1. The molecule has 1 aliphatic carbocycles. The molecule has 3 aliphatic heterocycles. The second-order valence-corrected chi connectivity index (χ2v) is 8.80. The van der Waals surface area contributed by atoms with Gasteiger partial charge < -0.3 is 15.1 Å². The van der Waals surface area contributed by atoms with E-state index >= 15 is 0 Å². The predicted octanol–water partition coefficient (Wildman–Crippen LogP) is 2.71. The van der Waals surface area contributed by atoms with Gasteiger partial charge in [-0.05, 0) is 37.5 Å². The van der Waals surface area contributed by atoms with E-state index in [0.29, 0.717) is 6.54 Å². The highest BCUT2D eigenvalue weighted by atomic mass is 32.2. The standard InChI is InChI=1S/C20H30N4O2S/c25-18(21-11-9-16-14-27-20-22-10-5-13-23(16)20)17-8-4-12-24(17)19(26)15-6-2-1-3-7-15/h14-15,17H,1-13H2,(H,21,25). The van der Waals surface area contributed by atoms with Gasteiger partial charge in [0, 0.05) is 44.2 Å². The van der Waals surface area contributed by atoms with Gasteiger partial charge in [0.2, 0.25) is 11.8 Å². The minimum Gasteiger partial charge on any atom is -0.354 e. The highest BCUT2D eigenvalue weighted by Gasteiger charge is 2.37. The number of hydrogen-bond acceptors (Lipinski definition) is 5. The van der Waals surface area contributed by atoms with Gasteiger partial charge in [-0.15, -0.1) is 0 Å². The van der Waals surface area contributed by atoms with Gasteiger partial charge in [-0.25, -0.2) is 0 Å². The van der Waals surface area contributed by atoms with Crippen molar-refractivity contribution in [3.05, 3.63) is 11.1 Å². The molecule has 0 spiro atoms. The van der Waals surface area contributed by atoms with E-state index in [1.165, 1.54) is 12.1 Å². The van der Waals surface area contributed by atoms with Crippen LogP contribution in [0.4, 0.5) is 0 Å². The molecule has 2 amide bonds. The summed E-state index contributed by atoms with van der Waals surface area (Å²) in [5.74, 6) is 0.386. The van der Waals surface area contributed by atoms with Crippen LogP contribution in [0, 0.1) is 5.92 Å². The van der Waals surface area contributed by atoms with E-state index in [-0.39, 0.29) is 23.8 Å². The number of hydrogen-bond donors (Lipinski definition) is 1. The average Bonchev–Trinajstić information content (AvgIpc) is 3.36. The number of nitrogens with one attached hydrogen (secondary N) is 1. The predicted molar refractivity (Wildman–Crippen MR) is 108 cm³/mol. The Bertz CT molecular complexity index is 642. The molecule has 1 N–H and O–H groups in total. The summed E-state index contributed by atoms with van der Waals surface area (Å²) in [6.45, 7) is 3.31. The second-order valence-electron chi connectivity index (χ2n) is 7.96. The Morgan fingerprint density at radius 2 is 1.96 bits per heavy atom. The molecule has 4 aliphatic rings. The molecular weight excluding hydrogens is 360 g/mol. The van der Waals surface area contributed by atoms with Crippen LogP contribution in [0.1, 0.15) is 57.8 Å². The van der Waals surface area contributed by atoms with Gasteiger partial charge in [0.05, 0.1) is 0 Å². The monoisotopic (exact) mass is 390 g/mol. The zero-order valence-electron chi connectivity index (χ0n) is 16.0. The summed E-state index contributed by atoms with van der Waals surface area (Å²) in [4.78, 5) is 34.3. The minimum absolute atomic E-state index is 0.0236. The van der Waals surface area contributed by atoms with Gasteiger partial charge in [-0.2, -0.15) is 0 Å². The molecule has 4 rings (SSSR count). The van der Waals surface area contributed by atoms with Crippen molar-refractivity contribution in [3.8, 4) is 0 Å². The van der Waals surface area contributed by atoms with E-state index in [4.69, 9.17) is 0 Å². The maximum absolute atomic E-state index is 12.9. The third-order valence-electron chi connectivity index (χ3n) is 6.14. The summed E-state index contributed by atoms with van der Waals surface area (Å²) in [5.41, 5.74) is 1.25. The van der Waals surface area contributed by atoms with E-state index in [9.17, 15) is 9.59 Å². The topological polar surface area (TPSA) is 65.0 Å². The number of fused-ring (bicyclic) bond motifs is 1. The molecule has 1 unspecified atom stereocenters. The van der Waals surface area contributed by atoms with Gasteiger partial charge in [-0.3, -0.25) is 14.6 Å². The fraction of sp³-hybridized carbons (Fsp3) is 0.750. The quantitative estimate of drug-likeness (QED) is 0.784. The first kappa shape index (κ1) is 18.8. The summed E-state index contributed by atoms with van der Waals surface area (Å²) in [6.07, 6.45) is 9.18. The van der Waals surface area contributed by atoms with E-state index in [0.717, 1.165) is 76.2 Å². The Kier molecular flexibility index (Phi) is 6.05. The van der Waals surface area contributed by atoms with Crippen molar-refractivity contribution in [3.63, 3.8) is 0 Å². The first-order chi connectivity index (χ1) is 13.2. The van der Waals surface area contributed by atoms with Crippen molar-refractivity contribution < 1.29 is 9.59 Å². The van der Waals surface area contributed by atoms with Crippen LogP contribution in [0.5, 0.6) is 0 Å². The summed E-state index contributed by atoms with van der Waals surface area (Å²) in [7, 11) is 0. The molecule has 0 aromatic rings. The Morgan fingerprint density at radius 1 is 1.11 bits per heavy atom. The summed E-state index contributed by atoms with van der Waals surface area (Å²) in [5, 5.41) is 6.34. The summed E-state index contributed by atoms with van der Waals surface area (Å²) in [6, 6.07) is -0.265. The van der Waals surface area contributed by atoms with Gasteiger partial charge in [0.1, 0.15) is 6.04 Å². The number of thioether (sulfide) groups is 1. The van der Waals surface area contributed by atoms with E-state index in [2.05, 4.69) is 20.6 Å². The molecule has 6 nitrogen and oxygen atoms in total. The first-order valence-corrected chi connectivity index (χ1v) is 11.4. The molecule has 148 valence electrons. The molecule has 2 fully saturated rings. The number of amides is 2. The molecule has 0 bridgehead atoms. The molecule has 0 aromatic carbocycles. The molecule has 3 heterocycles. The lowest BCUT2D eigenvalue weighted by Gasteiger charge is -2.30. The van der Waals surface area contributed by atoms with Crippen LogP contribution in [0.3, 0.4) is 0 Å². The lowest BCUT2D eigenvalue weighted by Crippen LogP contribution is -2.48. The Balaban J connectivity index is 1.27. The molecule has 27 heavy (non-hydrogen) atoms. The Morgan fingerprint density at radius 3 is 2.81 bits per heavy atom. The third-order valence-corrected chi connectivity index (χ3v) is 7.09. The summed E-state index contributed by atoms with van der Waals surface area (Å²) >= 11 is 1.69. The smallest absolute Gasteiger partial charge is 0.242 e. The normalized spacial score (nSPS) is 25.9. The lowest BCUT2D eigenvalue weighted by atomic mass is 9.88. The van der Waals surface area contributed by atoms with Crippen molar-refractivity contribution in [2.75, 3.05) is 26.2 Å². The fourth-order valence-electron chi connectivity index (χ4n) is 4.65. The van der Waals surface area contributed by atoms with Gasteiger partial charge in [0.15, 0.2) is 5.17 Å². The molecule has 1 saturated carbocycles. The number of likely N-dealkylation sites (tertiary alicyclic amines) is 1. The minimum atomic E-state index is -0.265. The van der Waals surface area contributed by atoms with Crippen LogP contribution in [0.2, 0.25) is 0 Å². The van der Waals surface area contributed by atoms with E-state index < -0.39 is 0 Å². The highest BCUT2D eigenvalue weighted by molar-refractivity contribution is 8.16. The fourth-order valence-corrected chi connectivity index (χ4v) is 5.64. The number of carbonyl (C=O) groups excluding carboxylic acids is 2. The van der Waals surface area contributed by atoms with Crippen LogP contribution in [-0.2, 0) is 9.59 Å². The SMILES string of the molecule is O=C(NCCC1=CSC2=NCCCN12)C1CCCN1C(=O)C1CCCCC1. The second kappa shape index (κ2) is 8.67. The Labute approximate surface area is 165 Å². The van der Waals surface area contributed by atoms with E-state index in [1.807, 2.05) is 4.90 Å². The highest BCUT2D eigenvalue weighted by Crippen LogP contribution is 2.31. The number of aliphatic imine (C=N–C) groups is 1. The van der Waals surface area contributed by atoms with Crippen LogP contribution < -0.4 is 5.32 Å². The third kappa shape index (κ3) is 4.18. The van der Waals surface area contributed by atoms with Crippen molar-refractivity contribution in [1.82, 2.24) is 15.1 Å². The van der Waals surface area contributed by atoms with Crippen molar-refractivity contribution in [2.24, 2.45) is 10.9 Å². The molecule has 7 heteroatoms. The van der Waals surface area contributed by atoms with Crippen molar-refractivity contribution in [1.29, 1.82) is 0 Å². The zero-order valence-corrected chi connectivity index (χ0v) is 16.8. The molecule has 0 aromatic heterocycles. The number of rotatable bonds is 5. The van der Waals surface area contributed by atoms with Gasteiger partial charge in [-0.1, -0.05) is 31.0 Å². The van der Waals surface area contributed by atoms with Crippen LogP contribution in [-0.4, -0.2) is 59.0 Å². The van der Waals surface area contributed by atoms with Gasteiger partial charge in [0.25, 0.3) is 0 Å².